The van der Waals surface area contributed by atoms with Crippen LogP contribution in [-0.2, 0) is 22.4 Å². The van der Waals surface area contributed by atoms with E-state index in [0.717, 1.165) is 19.3 Å². The predicted molar refractivity (Wildman–Crippen MR) is 67.8 cm³/mol. The molecule has 17 heavy (non-hydrogen) atoms. The highest BCUT2D eigenvalue weighted by Crippen LogP contribution is 2.28. The Bertz CT molecular complexity index is 373. The Morgan fingerprint density at radius 3 is 2.47 bits per heavy atom. The molecule has 1 aliphatic carbocycles. The van der Waals surface area contributed by atoms with Crippen LogP contribution in [0.15, 0.2) is 24.3 Å². The molecule has 1 unspecified atom stereocenters. The fourth-order valence-electron chi connectivity index (χ4n) is 2.39. The molecule has 1 atom stereocenters. The van der Waals surface area contributed by atoms with Gasteiger partial charge in [-0.15, -0.1) is 0 Å². The van der Waals surface area contributed by atoms with Crippen molar-refractivity contribution in [2.45, 2.75) is 45.6 Å². The largest absolute Gasteiger partial charge is 0.463 e. The molecule has 92 valence electrons. The molecule has 2 heteroatoms. The number of fused-ring (bicyclic) bond motifs is 1. The molecule has 0 spiro atoms. The molecule has 0 saturated carbocycles. The van der Waals surface area contributed by atoms with Gasteiger partial charge in [0, 0.05) is 6.42 Å². The molecule has 0 heterocycles. The van der Waals surface area contributed by atoms with Gasteiger partial charge < -0.3 is 4.74 Å². The Morgan fingerprint density at radius 2 is 1.94 bits per heavy atom. The van der Waals surface area contributed by atoms with Crippen LogP contribution in [0.4, 0.5) is 0 Å². The average molecular weight is 232 g/mol. The number of carbonyl (C=O) groups is 1. The number of rotatable bonds is 4. The van der Waals surface area contributed by atoms with Crippen LogP contribution in [0.25, 0.3) is 0 Å². The first-order chi connectivity index (χ1) is 8.19. The minimum atomic E-state index is -0.0443. The van der Waals surface area contributed by atoms with Gasteiger partial charge in [-0.25, -0.2) is 0 Å². The summed E-state index contributed by atoms with van der Waals surface area (Å²) in [6.07, 6.45) is 3.53. The first kappa shape index (κ1) is 12.2. The van der Waals surface area contributed by atoms with Gasteiger partial charge in [0.1, 0.15) is 0 Å². The predicted octanol–water partition coefficient (Wildman–Crippen LogP) is 3.13. The van der Waals surface area contributed by atoms with Gasteiger partial charge in [0.2, 0.25) is 0 Å². The van der Waals surface area contributed by atoms with Crippen molar-refractivity contribution in [1.29, 1.82) is 0 Å². The maximum atomic E-state index is 11.7. The summed E-state index contributed by atoms with van der Waals surface area (Å²) in [4.78, 5) is 11.7. The Morgan fingerprint density at radius 1 is 1.35 bits per heavy atom. The van der Waals surface area contributed by atoms with Crippen molar-refractivity contribution in [2.75, 3.05) is 0 Å². The quantitative estimate of drug-likeness (QED) is 0.745. The number of hydrogen-bond acceptors (Lipinski definition) is 2. The van der Waals surface area contributed by atoms with E-state index in [1.165, 1.54) is 11.1 Å². The smallest absolute Gasteiger partial charge is 0.306 e. The highest BCUT2D eigenvalue weighted by Gasteiger charge is 2.24. The van der Waals surface area contributed by atoms with E-state index in [4.69, 9.17) is 4.74 Å². The second-order valence-corrected chi connectivity index (χ2v) is 4.96. The van der Waals surface area contributed by atoms with Gasteiger partial charge in [0.15, 0.2) is 0 Å². The van der Waals surface area contributed by atoms with Gasteiger partial charge in [-0.05, 0) is 43.2 Å². The number of benzene rings is 1. The second-order valence-electron chi connectivity index (χ2n) is 4.96. The molecule has 1 aromatic rings. The summed E-state index contributed by atoms with van der Waals surface area (Å²) < 4.78 is 5.32. The summed E-state index contributed by atoms with van der Waals surface area (Å²) in [5.74, 6) is 0.390. The first-order valence-corrected chi connectivity index (χ1v) is 6.45. The van der Waals surface area contributed by atoms with Crippen LogP contribution in [0.2, 0.25) is 0 Å². The molecule has 2 nitrogen and oxygen atoms in total. The van der Waals surface area contributed by atoms with E-state index in [1.54, 1.807) is 0 Å². The van der Waals surface area contributed by atoms with Crippen LogP contribution in [0.3, 0.4) is 0 Å². The molecule has 0 radical (unpaired) electrons. The maximum Gasteiger partial charge on any atom is 0.306 e. The molecule has 0 saturated heterocycles. The second kappa shape index (κ2) is 5.35. The highest BCUT2D eigenvalue weighted by atomic mass is 16.5. The molecular formula is C15H20O2. The van der Waals surface area contributed by atoms with Crippen molar-refractivity contribution in [3.05, 3.63) is 35.4 Å². The van der Waals surface area contributed by atoms with Crippen molar-refractivity contribution >= 4 is 5.97 Å². The zero-order chi connectivity index (χ0) is 12.3. The number of hydrogen-bond donors (Lipinski definition) is 0. The SMILES string of the molecule is CCC(C)OC(=O)CC1Cc2ccccc2C1. The fraction of sp³-hybridized carbons (Fsp3) is 0.533. The molecule has 2 rings (SSSR count). The molecule has 0 fully saturated rings. The minimum absolute atomic E-state index is 0.0443. The van der Waals surface area contributed by atoms with Gasteiger partial charge in [0.05, 0.1) is 6.10 Å². The normalized spacial score (nSPS) is 16.6. The molecule has 0 N–H and O–H groups in total. The average Bonchev–Trinajstić information content (AvgIpc) is 2.70. The van der Waals surface area contributed by atoms with Crippen molar-refractivity contribution in [2.24, 2.45) is 5.92 Å². The topological polar surface area (TPSA) is 26.3 Å². The van der Waals surface area contributed by atoms with Crippen molar-refractivity contribution in [1.82, 2.24) is 0 Å². The Labute approximate surface area is 103 Å². The van der Waals surface area contributed by atoms with Gasteiger partial charge in [-0.1, -0.05) is 31.2 Å². The van der Waals surface area contributed by atoms with E-state index >= 15 is 0 Å². The highest BCUT2D eigenvalue weighted by molar-refractivity contribution is 5.70. The van der Waals surface area contributed by atoms with Crippen LogP contribution in [0.5, 0.6) is 0 Å². The summed E-state index contributed by atoms with van der Waals surface area (Å²) in [6, 6.07) is 8.46. The van der Waals surface area contributed by atoms with Crippen LogP contribution in [0, 0.1) is 5.92 Å². The van der Waals surface area contributed by atoms with Gasteiger partial charge in [0.25, 0.3) is 0 Å². The van der Waals surface area contributed by atoms with Gasteiger partial charge >= 0.3 is 5.97 Å². The van der Waals surface area contributed by atoms with Crippen molar-refractivity contribution < 1.29 is 9.53 Å². The minimum Gasteiger partial charge on any atom is -0.463 e. The lowest BCUT2D eigenvalue weighted by molar-refractivity contribution is -0.149. The van der Waals surface area contributed by atoms with Gasteiger partial charge in [-0.3, -0.25) is 4.79 Å². The summed E-state index contributed by atoms with van der Waals surface area (Å²) in [6.45, 7) is 3.98. The number of carbonyl (C=O) groups excluding carboxylic acids is 1. The zero-order valence-corrected chi connectivity index (χ0v) is 10.6. The summed E-state index contributed by atoms with van der Waals surface area (Å²) in [5.41, 5.74) is 2.79. The Balaban J connectivity index is 1.85. The molecule has 0 aliphatic heterocycles. The monoisotopic (exact) mass is 232 g/mol. The Kier molecular flexibility index (Phi) is 3.82. The molecular weight excluding hydrogens is 212 g/mol. The summed E-state index contributed by atoms with van der Waals surface area (Å²) in [7, 11) is 0. The van der Waals surface area contributed by atoms with E-state index in [2.05, 4.69) is 24.3 Å². The third-order valence-corrected chi connectivity index (χ3v) is 3.50. The van der Waals surface area contributed by atoms with E-state index in [1.807, 2.05) is 13.8 Å². The van der Waals surface area contributed by atoms with Gasteiger partial charge in [-0.2, -0.15) is 0 Å². The van der Waals surface area contributed by atoms with Crippen molar-refractivity contribution in [3.63, 3.8) is 0 Å². The first-order valence-electron chi connectivity index (χ1n) is 6.45. The summed E-state index contributed by atoms with van der Waals surface area (Å²) >= 11 is 0. The third kappa shape index (κ3) is 3.09. The lowest BCUT2D eigenvalue weighted by Crippen LogP contribution is -2.17. The number of esters is 1. The fourth-order valence-corrected chi connectivity index (χ4v) is 2.39. The van der Waals surface area contributed by atoms with E-state index < -0.39 is 0 Å². The summed E-state index contributed by atoms with van der Waals surface area (Å²) in [5, 5.41) is 0. The van der Waals surface area contributed by atoms with E-state index in [9.17, 15) is 4.79 Å². The number of ether oxygens (including phenoxy) is 1. The van der Waals surface area contributed by atoms with Crippen LogP contribution in [0.1, 0.15) is 37.8 Å². The molecule has 1 aliphatic rings. The van der Waals surface area contributed by atoms with Crippen LogP contribution >= 0.6 is 0 Å². The van der Waals surface area contributed by atoms with Crippen LogP contribution < -0.4 is 0 Å². The third-order valence-electron chi connectivity index (χ3n) is 3.50. The zero-order valence-electron chi connectivity index (χ0n) is 10.6. The van der Waals surface area contributed by atoms with Crippen molar-refractivity contribution in [3.8, 4) is 0 Å². The molecule has 0 aromatic heterocycles. The van der Waals surface area contributed by atoms with E-state index in [0.29, 0.717) is 12.3 Å². The maximum absolute atomic E-state index is 11.7. The molecule has 0 amide bonds. The standard InChI is InChI=1S/C15H20O2/c1-3-11(2)17-15(16)10-12-8-13-6-4-5-7-14(13)9-12/h4-7,11-12H,3,8-10H2,1-2H3. The molecule has 1 aromatic carbocycles. The lowest BCUT2D eigenvalue weighted by Gasteiger charge is -2.13. The lowest BCUT2D eigenvalue weighted by atomic mass is 10.0. The Hall–Kier alpha value is -1.31. The molecule has 0 bridgehead atoms. The van der Waals surface area contributed by atoms with Crippen LogP contribution in [-0.4, -0.2) is 12.1 Å². The van der Waals surface area contributed by atoms with E-state index in [-0.39, 0.29) is 12.1 Å².